The summed E-state index contributed by atoms with van der Waals surface area (Å²) in [4.78, 5) is 12.2. The zero-order valence-corrected chi connectivity index (χ0v) is 17.4. The van der Waals surface area contributed by atoms with E-state index in [9.17, 15) is 9.90 Å². The molecule has 0 atom stereocenters. The molecule has 0 aliphatic heterocycles. The van der Waals surface area contributed by atoms with Crippen molar-refractivity contribution in [2.75, 3.05) is 7.11 Å². The normalized spacial score (nSPS) is 10.4. The molecule has 1 N–H and O–H groups in total. The first-order chi connectivity index (χ1) is 14.5. The number of para-hydroxylation sites is 1. The molecule has 3 aromatic carbocycles. The second-order valence-electron chi connectivity index (χ2n) is 6.48. The summed E-state index contributed by atoms with van der Waals surface area (Å²) in [5, 5.41) is 15.4. The fourth-order valence-electron chi connectivity index (χ4n) is 3.36. The molecule has 31 heavy (non-hydrogen) atoms. The van der Waals surface area contributed by atoms with E-state index < -0.39 is 5.97 Å². The van der Waals surface area contributed by atoms with Crippen molar-refractivity contribution in [2.45, 2.75) is 0 Å². The summed E-state index contributed by atoms with van der Waals surface area (Å²) in [6.07, 6.45) is 0. The van der Waals surface area contributed by atoms with Crippen LogP contribution in [0, 0.1) is 0 Å². The number of hydrogen-bond donors (Lipinski definition) is 1. The topological polar surface area (TPSA) is 64.3 Å². The molecule has 0 bridgehead atoms. The number of aromatic carboxylic acids is 1. The summed E-state index contributed by atoms with van der Waals surface area (Å²) < 4.78 is 7.11. The van der Waals surface area contributed by atoms with Gasteiger partial charge < -0.3 is 9.84 Å². The van der Waals surface area contributed by atoms with Crippen molar-refractivity contribution in [1.82, 2.24) is 9.78 Å². The third kappa shape index (κ3) is 4.51. The van der Waals surface area contributed by atoms with Crippen LogP contribution in [0.15, 0.2) is 72.8 Å². The van der Waals surface area contributed by atoms with Crippen LogP contribution in [0.4, 0.5) is 0 Å². The third-order valence-corrected chi connectivity index (χ3v) is 5.09. The summed E-state index contributed by atoms with van der Waals surface area (Å²) in [5.74, 6) is -0.678. The number of hydrogen-bond acceptors (Lipinski definition) is 3. The van der Waals surface area contributed by atoms with Gasteiger partial charge in [0, 0.05) is 26.7 Å². The molecule has 0 radical (unpaired) electrons. The Kier molecular flexibility index (Phi) is 7.14. The Hall–Kier alpha value is -2.68. The van der Waals surface area contributed by atoms with Crippen molar-refractivity contribution in [1.29, 1.82) is 0 Å². The molecular formula is C23H17Cl2LiN2O3. The van der Waals surface area contributed by atoms with Crippen molar-refractivity contribution < 1.29 is 14.6 Å². The predicted molar refractivity (Wildman–Crippen MR) is 125 cm³/mol. The van der Waals surface area contributed by atoms with E-state index in [0.29, 0.717) is 43.9 Å². The first-order valence-corrected chi connectivity index (χ1v) is 9.76. The predicted octanol–water partition coefficient (Wildman–Crippen LogP) is 5.57. The Morgan fingerprint density at radius 3 is 2.32 bits per heavy atom. The average Bonchev–Trinajstić information content (AvgIpc) is 3.15. The van der Waals surface area contributed by atoms with Gasteiger partial charge in [-0.25, -0.2) is 9.48 Å². The first kappa shape index (κ1) is 23.0. The standard InChI is InChI=1S/C23H16Cl2N2O3.Li.H/c1-30-19-11-10-16(25)13-18(19)20-21(23(28)29)26-27(17-8-3-2-4-9-17)22(20)14-6-5-7-15(24)12-14;;/h2-13H,1H3,(H,28,29);;. The van der Waals surface area contributed by atoms with E-state index in [1.807, 2.05) is 36.4 Å². The average molecular weight is 447 g/mol. The fourth-order valence-corrected chi connectivity index (χ4v) is 3.72. The van der Waals surface area contributed by atoms with Gasteiger partial charge in [0.05, 0.1) is 18.5 Å². The van der Waals surface area contributed by atoms with Crippen LogP contribution in [-0.2, 0) is 0 Å². The Morgan fingerprint density at radius 2 is 1.68 bits per heavy atom. The summed E-state index contributed by atoms with van der Waals surface area (Å²) in [6.45, 7) is 0. The number of aromatic nitrogens is 2. The number of halogens is 2. The number of carboxylic acid groups (broad SMARTS) is 1. The second kappa shape index (κ2) is 9.63. The van der Waals surface area contributed by atoms with Crippen LogP contribution in [0.25, 0.3) is 28.1 Å². The Balaban J connectivity index is 0.00000272. The molecule has 0 saturated heterocycles. The molecule has 4 rings (SSSR count). The number of ether oxygens (including phenoxy) is 1. The molecule has 0 amide bonds. The van der Waals surface area contributed by atoms with E-state index in [2.05, 4.69) is 5.10 Å². The van der Waals surface area contributed by atoms with E-state index >= 15 is 0 Å². The van der Waals surface area contributed by atoms with E-state index in [0.717, 1.165) is 0 Å². The van der Waals surface area contributed by atoms with Gasteiger partial charge in [-0.05, 0) is 42.5 Å². The maximum absolute atomic E-state index is 12.2. The van der Waals surface area contributed by atoms with Crippen LogP contribution >= 0.6 is 23.2 Å². The minimum atomic E-state index is -1.16. The molecule has 0 unspecified atom stereocenters. The van der Waals surface area contributed by atoms with Crippen molar-refractivity contribution in [3.8, 4) is 33.8 Å². The molecule has 1 aromatic heterocycles. The van der Waals surface area contributed by atoms with Gasteiger partial charge in [-0.1, -0.05) is 53.5 Å². The molecule has 0 aliphatic carbocycles. The van der Waals surface area contributed by atoms with Crippen molar-refractivity contribution in [3.05, 3.63) is 88.5 Å². The zero-order valence-electron chi connectivity index (χ0n) is 15.8. The second-order valence-corrected chi connectivity index (χ2v) is 7.35. The number of nitrogens with zero attached hydrogens (tertiary/aromatic N) is 2. The maximum atomic E-state index is 12.2. The van der Waals surface area contributed by atoms with Gasteiger partial charge in [0.1, 0.15) is 5.75 Å². The summed E-state index contributed by atoms with van der Waals surface area (Å²) in [6, 6.07) is 21.5. The van der Waals surface area contributed by atoms with E-state index in [1.54, 1.807) is 41.1 Å². The molecule has 152 valence electrons. The number of benzene rings is 3. The Labute approximate surface area is 201 Å². The first-order valence-electron chi connectivity index (χ1n) is 9.01. The van der Waals surface area contributed by atoms with E-state index in [1.165, 1.54) is 7.11 Å². The van der Waals surface area contributed by atoms with Crippen LogP contribution in [0.1, 0.15) is 10.5 Å². The van der Waals surface area contributed by atoms with Crippen LogP contribution in [0.2, 0.25) is 10.0 Å². The molecule has 1 heterocycles. The molecule has 8 heteroatoms. The Morgan fingerprint density at radius 1 is 0.968 bits per heavy atom. The molecule has 4 aromatic rings. The molecular weight excluding hydrogens is 430 g/mol. The zero-order chi connectivity index (χ0) is 21.3. The van der Waals surface area contributed by atoms with Gasteiger partial charge in [0.25, 0.3) is 0 Å². The van der Waals surface area contributed by atoms with Crippen molar-refractivity contribution >= 4 is 48.0 Å². The van der Waals surface area contributed by atoms with Gasteiger partial charge in [-0.3, -0.25) is 0 Å². The van der Waals surface area contributed by atoms with Gasteiger partial charge >= 0.3 is 24.8 Å². The number of methoxy groups -OCH3 is 1. The van der Waals surface area contributed by atoms with Crippen LogP contribution in [0.5, 0.6) is 5.75 Å². The van der Waals surface area contributed by atoms with Crippen molar-refractivity contribution in [2.24, 2.45) is 0 Å². The monoisotopic (exact) mass is 446 g/mol. The number of rotatable bonds is 5. The van der Waals surface area contributed by atoms with E-state index in [-0.39, 0.29) is 24.6 Å². The third-order valence-electron chi connectivity index (χ3n) is 4.62. The van der Waals surface area contributed by atoms with Crippen LogP contribution in [-0.4, -0.2) is 46.8 Å². The quantitative estimate of drug-likeness (QED) is 0.407. The van der Waals surface area contributed by atoms with Crippen molar-refractivity contribution in [3.63, 3.8) is 0 Å². The summed E-state index contributed by atoms with van der Waals surface area (Å²) >= 11 is 12.5. The van der Waals surface area contributed by atoms with Gasteiger partial charge in [0.15, 0.2) is 5.69 Å². The number of carboxylic acids is 1. The minimum absolute atomic E-state index is 0. The molecule has 0 aliphatic rings. The van der Waals surface area contributed by atoms with Gasteiger partial charge in [-0.2, -0.15) is 5.10 Å². The molecule has 0 spiro atoms. The fraction of sp³-hybridized carbons (Fsp3) is 0.0435. The summed E-state index contributed by atoms with van der Waals surface area (Å²) in [5.41, 5.74) is 2.80. The van der Waals surface area contributed by atoms with Crippen LogP contribution < -0.4 is 4.74 Å². The summed E-state index contributed by atoms with van der Waals surface area (Å²) in [7, 11) is 1.52. The van der Waals surface area contributed by atoms with E-state index in [4.69, 9.17) is 27.9 Å². The van der Waals surface area contributed by atoms with Crippen LogP contribution in [0.3, 0.4) is 0 Å². The molecule has 0 saturated carbocycles. The molecule has 5 nitrogen and oxygen atoms in total. The number of carbonyl (C=O) groups is 1. The van der Waals surface area contributed by atoms with Gasteiger partial charge in [0.2, 0.25) is 0 Å². The Bertz CT molecular complexity index is 1240. The SMILES string of the molecule is COc1ccc(Cl)cc1-c1c(C(=O)O)nn(-c2ccccc2)c1-c1cccc(Cl)c1.[LiH]. The van der Waals surface area contributed by atoms with Gasteiger partial charge in [-0.15, -0.1) is 0 Å². The molecule has 0 fully saturated rings.